The number of hydrogen-bond acceptors (Lipinski definition) is 3. The molecule has 0 saturated carbocycles. The predicted molar refractivity (Wildman–Crippen MR) is 57.4 cm³/mol. The molecule has 1 rings (SSSR count). The maximum atomic E-state index is 9.22. The normalized spacial score (nSPS) is 13.6. The molecule has 74 valence electrons. The second-order valence-electron chi connectivity index (χ2n) is 3.59. The summed E-state index contributed by atoms with van der Waals surface area (Å²) in [6, 6.07) is 4.22. The van der Waals surface area contributed by atoms with Crippen LogP contribution < -0.4 is 0 Å². The standard InChI is InChI=1S/C10H17NOS/c1-8-4-5-10(13-8)9(7-12)6-11(2)3/h4-5,9,12H,6-7H2,1-3H3. The third-order valence-corrected chi connectivity index (χ3v) is 3.13. The first-order valence-electron chi connectivity index (χ1n) is 4.45. The molecule has 3 heteroatoms. The summed E-state index contributed by atoms with van der Waals surface area (Å²) in [4.78, 5) is 4.71. The maximum Gasteiger partial charge on any atom is 0.0520 e. The molecule has 1 aromatic heterocycles. The molecule has 2 nitrogen and oxygen atoms in total. The number of hydrogen-bond donors (Lipinski definition) is 1. The van der Waals surface area contributed by atoms with E-state index in [0.717, 1.165) is 6.54 Å². The SMILES string of the molecule is Cc1ccc(C(CO)CN(C)C)s1. The molecular weight excluding hydrogens is 182 g/mol. The molecule has 0 fully saturated rings. The number of rotatable bonds is 4. The van der Waals surface area contributed by atoms with E-state index in [4.69, 9.17) is 0 Å². The minimum atomic E-state index is 0.234. The number of aliphatic hydroxyl groups excluding tert-OH is 1. The van der Waals surface area contributed by atoms with Gasteiger partial charge in [0.15, 0.2) is 0 Å². The molecule has 1 N–H and O–H groups in total. The molecule has 0 aromatic carbocycles. The van der Waals surface area contributed by atoms with Gasteiger partial charge >= 0.3 is 0 Å². The molecule has 1 heterocycles. The highest BCUT2D eigenvalue weighted by molar-refractivity contribution is 7.12. The molecule has 0 aliphatic rings. The monoisotopic (exact) mass is 199 g/mol. The highest BCUT2D eigenvalue weighted by Gasteiger charge is 2.12. The van der Waals surface area contributed by atoms with Gasteiger partial charge < -0.3 is 10.0 Å². The summed E-state index contributed by atoms with van der Waals surface area (Å²) in [6.45, 7) is 3.24. The van der Waals surface area contributed by atoms with Gasteiger partial charge in [0.1, 0.15) is 0 Å². The third kappa shape index (κ3) is 3.10. The zero-order valence-electron chi connectivity index (χ0n) is 8.45. The van der Waals surface area contributed by atoms with E-state index < -0.39 is 0 Å². The summed E-state index contributed by atoms with van der Waals surface area (Å²) in [7, 11) is 4.06. The first-order chi connectivity index (χ1) is 6.13. The van der Waals surface area contributed by atoms with Gasteiger partial charge in [-0.25, -0.2) is 0 Å². The fourth-order valence-corrected chi connectivity index (χ4v) is 2.31. The fourth-order valence-electron chi connectivity index (χ4n) is 1.35. The zero-order chi connectivity index (χ0) is 9.84. The van der Waals surface area contributed by atoms with Crippen molar-refractivity contribution in [3.05, 3.63) is 21.9 Å². The van der Waals surface area contributed by atoms with Crippen LogP contribution >= 0.6 is 11.3 Å². The van der Waals surface area contributed by atoms with E-state index in [0.29, 0.717) is 0 Å². The van der Waals surface area contributed by atoms with Crippen LogP contribution in [0.3, 0.4) is 0 Å². The van der Waals surface area contributed by atoms with E-state index in [2.05, 4.69) is 24.0 Å². The Morgan fingerprint density at radius 1 is 1.46 bits per heavy atom. The molecule has 13 heavy (non-hydrogen) atoms. The predicted octanol–water partition coefficient (Wildman–Crippen LogP) is 1.69. The molecule has 1 aromatic rings. The summed E-state index contributed by atoms with van der Waals surface area (Å²) in [6.07, 6.45) is 0. The lowest BCUT2D eigenvalue weighted by atomic mass is 10.1. The molecule has 0 aliphatic heterocycles. The topological polar surface area (TPSA) is 23.5 Å². The van der Waals surface area contributed by atoms with Crippen LogP contribution in [0.2, 0.25) is 0 Å². The molecular formula is C10H17NOS. The number of aliphatic hydroxyl groups is 1. The number of likely N-dealkylation sites (N-methyl/N-ethyl adjacent to an activating group) is 1. The van der Waals surface area contributed by atoms with Crippen LogP contribution in [0.1, 0.15) is 15.7 Å². The summed E-state index contributed by atoms with van der Waals surface area (Å²) in [5, 5.41) is 9.22. The molecule has 0 radical (unpaired) electrons. The Labute approximate surface area is 83.8 Å². The average Bonchev–Trinajstić information content (AvgIpc) is 2.47. The van der Waals surface area contributed by atoms with Crippen molar-refractivity contribution in [3.63, 3.8) is 0 Å². The maximum absolute atomic E-state index is 9.22. The van der Waals surface area contributed by atoms with E-state index in [1.807, 2.05) is 14.1 Å². The van der Waals surface area contributed by atoms with E-state index in [9.17, 15) is 5.11 Å². The molecule has 0 amide bonds. The summed E-state index contributed by atoms with van der Waals surface area (Å²) >= 11 is 1.78. The van der Waals surface area contributed by atoms with Crippen molar-refractivity contribution in [2.24, 2.45) is 0 Å². The van der Waals surface area contributed by atoms with Crippen molar-refractivity contribution >= 4 is 11.3 Å². The van der Waals surface area contributed by atoms with Crippen LogP contribution in [0.4, 0.5) is 0 Å². The van der Waals surface area contributed by atoms with Crippen LogP contribution in [-0.4, -0.2) is 37.3 Å². The minimum absolute atomic E-state index is 0.234. The Bertz CT molecular complexity index is 257. The van der Waals surface area contributed by atoms with Crippen LogP contribution in [0.5, 0.6) is 0 Å². The van der Waals surface area contributed by atoms with Gasteiger partial charge in [0.25, 0.3) is 0 Å². The Kier molecular flexibility index (Phi) is 3.90. The molecule has 1 unspecified atom stereocenters. The molecule has 0 aliphatic carbocycles. The van der Waals surface area contributed by atoms with Gasteiger partial charge in [-0.2, -0.15) is 0 Å². The van der Waals surface area contributed by atoms with Gasteiger partial charge in [-0.15, -0.1) is 11.3 Å². The van der Waals surface area contributed by atoms with Crippen LogP contribution in [0.25, 0.3) is 0 Å². The quantitative estimate of drug-likeness (QED) is 0.797. The van der Waals surface area contributed by atoms with E-state index in [1.54, 1.807) is 11.3 Å². The van der Waals surface area contributed by atoms with Crippen LogP contribution in [0, 0.1) is 6.92 Å². The lowest BCUT2D eigenvalue weighted by molar-refractivity contribution is 0.236. The van der Waals surface area contributed by atoms with Gasteiger partial charge in [-0.1, -0.05) is 0 Å². The number of nitrogens with zero attached hydrogens (tertiary/aromatic N) is 1. The molecule has 1 atom stereocenters. The Balaban J connectivity index is 2.66. The lowest BCUT2D eigenvalue weighted by Crippen LogP contribution is -2.21. The summed E-state index contributed by atoms with van der Waals surface area (Å²) in [5.41, 5.74) is 0. The molecule has 0 saturated heterocycles. The van der Waals surface area contributed by atoms with Crippen molar-refractivity contribution in [1.82, 2.24) is 4.90 Å². The first kappa shape index (κ1) is 10.7. The van der Waals surface area contributed by atoms with Crippen LogP contribution in [0.15, 0.2) is 12.1 Å². The third-order valence-electron chi connectivity index (χ3n) is 1.97. The average molecular weight is 199 g/mol. The minimum Gasteiger partial charge on any atom is -0.396 e. The summed E-state index contributed by atoms with van der Waals surface area (Å²) < 4.78 is 0. The molecule has 0 spiro atoms. The van der Waals surface area contributed by atoms with Gasteiger partial charge in [0, 0.05) is 22.2 Å². The lowest BCUT2D eigenvalue weighted by Gasteiger charge is -2.17. The van der Waals surface area contributed by atoms with Crippen molar-refractivity contribution in [1.29, 1.82) is 0 Å². The highest BCUT2D eigenvalue weighted by atomic mass is 32.1. The van der Waals surface area contributed by atoms with Gasteiger partial charge in [0.2, 0.25) is 0 Å². The summed E-state index contributed by atoms with van der Waals surface area (Å²) in [5.74, 6) is 0.272. The highest BCUT2D eigenvalue weighted by Crippen LogP contribution is 2.24. The van der Waals surface area contributed by atoms with Crippen molar-refractivity contribution in [2.75, 3.05) is 27.2 Å². The fraction of sp³-hybridized carbons (Fsp3) is 0.600. The Morgan fingerprint density at radius 2 is 2.15 bits per heavy atom. The van der Waals surface area contributed by atoms with Gasteiger partial charge in [0.05, 0.1) is 6.61 Å². The molecule has 0 bridgehead atoms. The Morgan fingerprint density at radius 3 is 2.54 bits per heavy atom. The zero-order valence-corrected chi connectivity index (χ0v) is 9.27. The van der Waals surface area contributed by atoms with Gasteiger partial charge in [-0.3, -0.25) is 0 Å². The van der Waals surface area contributed by atoms with Gasteiger partial charge in [-0.05, 0) is 33.2 Å². The second-order valence-corrected chi connectivity index (χ2v) is 4.91. The van der Waals surface area contributed by atoms with E-state index >= 15 is 0 Å². The first-order valence-corrected chi connectivity index (χ1v) is 5.27. The number of aryl methyl sites for hydroxylation is 1. The Hall–Kier alpha value is -0.380. The number of thiophene rings is 1. The van der Waals surface area contributed by atoms with E-state index in [-0.39, 0.29) is 12.5 Å². The second kappa shape index (κ2) is 4.74. The van der Waals surface area contributed by atoms with E-state index in [1.165, 1.54) is 9.75 Å². The van der Waals surface area contributed by atoms with Crippen molar-refractivity contribution < 1.29 is 5.11 Å². The largest absolute Gasteiger partial charge is 0.396 e. The van der Waals surface area contributed by atoms with Crippen molar-refractivity contribution in [3.8, 4) is 0 Å². The smallest absolute Gasteiger partial charge is 0.0520 e. The van der Waals surface area contributed by atoms with Crippen LogP contribution in [-0.2, 0) is 0 Å². The van der Waals surface area contributed by atoms with Crippen molar-refractivity contribution in [2.45, 2.75) is 12.8 Å².